The van der Waals surface area contributed by atoms with Crippen LogP contribution in [0, 0.1) is 0 Å². The smallest absolute Gasteiger partial charge is 0.356 e. The highest BCUT2D eigenvalue weighted by Crippen LogP contribution is 2.33. The van der Waals surface area contributed by atoms with E-state index in [0.717, 1.165) is 11.1 Å². The Hall–Kier alpha value is -3.28. The molecule has 0 unspecified atom stereocenters. The second-order valence-electron chi connectivity index (χ2n) is 5.48. The minimum Gasteiger partial charge on any atom is -0.493 e. The molecule has 3 rings (SSSR count). The molecule has 6 heteroatoms. The summed E-state index contributed by atoms with van der Waals surface area (Å²) in [4.78, 5) is 11.1. The molecule has 1 N–H and O–H groups in total. The number of hydrogen-bond donors (Lipinski definition) is 1. The molecule has 0 aliphatic heterocycles. The van der Waals surface area contributed by atoms with Gasteiger partial charge in [-0.15, -0.1) is 0 Å². The number of nitrogens with zero attached hydrogens (tertiary/aromatic N) is 2. The lowest BCUT2D eigenvalue weighted by molar-refractivity contribution is 0.0689. The maximum atomic E-state index is 11.1. The number of aromatic carboxylic acids is 1. The molecule has 0 saturated carbocycles. The summed E-state index contributed by atoms with van der Waals surface area (Å²) in [6.45, 7) is 0.436. The average Bonchev–Trinajstić information content (AvgIpc) is 3.03. The Bertz CT molecular complexity index is 888. The summed E-state index contributed by atoms with van der Waals surface area (Å²) in [5.41, 5.74) is 2.55. The number of ether oxygens (including phenoxy) is 2. The molecule has 2 aromatic carbocycles. The van der Waals surface area contributed by atoms with E-state index in [4.69, 9.17) is 14.6 Å². The monoisotopic (exact) mass is 338 g/mol. The first-order valence-corrected chi connectivity index (χ1v) is 7.71. The van der Waals surface area contributed by atoms with Crippen LogP contribution in [0.25, 0.3) is 11.3 Å². The average molecular weight is 338 g/mol. The van der Waals surface area contributed by atoms with Gasteiger partial charge >= 0.3 is 5.97 Å². The fourth-order valence-electron chi connectivity index (χ4n) is 2.52. The highest BCUT2D eigenvalue weighted by molar-refractivity contribution is 5.87. The summed E-state index contributed by atoms with van der Waals surface area (Å²) in [6, 6.07) is 16.9. The van der Waals surface area contributed by atoms with Gasteiger partial charge in [0.2, 0.25) is 0 Å². The van der Waals surface area contributed by atoms with Crippen LogP contribution in [0.15, 0.2) is 54.6 Å². The minimum atomic E-state index is -1.06. The first-order valence-electron chi connectivity index (χ1n) is 7.71. The van der Waals surface area contributed by atoms with Crippen molar-refractivity contribution in [2.24, 2.45) is 7.05 Å². The summed E-state index contributed by atoms with van der Waals surface area (Å²) in [7, 11) is 3.27. The number of carbonyl (C=O) groups is 1. The van der Waals surface area contributed by atoms with E-state index < -0.39 is 5.97 Å². The third kappa shape index (κ3) is 3.63. The van der Waals surface area contributed by atoms with E-state index in [2.05, 4.69) is 5.10 Å². The van der Waals surface area contributed by atoms with E-state index in [0.29, 0.717) is 23.8 Å². The van der Waals surface area contributed by atoms with Crippen LogP contribution in [0.3, 0.4) is 0 Å². The second kappa shape index (κ2) is 7.09. The summed E-state index contributed by atoms with van der Waals surface area (Å²) >= 11 is 0. The van der Waals surface area contributed by atoms with Gasteiger partial charge in [-0.25, -0.2) is 4.79 Å². The van der Waals surface area contributed by atoms with Crippen LogP contribution in [-0.4, -0.2) is 28.0 Å². The van der Waals surface area contributed by atoms with Gasteiger partial charge in [0.1, 0.15) is 6.61 Å². The molecular weight excluding hydrogens is 320 g/mol. The SMILES string of the molecule is COc1cc(-c2cc(C(=O)O)nn2C)ccc1OCc1ccccc1. The van der Waals surface area contributed by atoms with E-state index >= 15 is 0 Å². The first-order chi connectivity index (χ1) is 12.1. The number of aromatic nitrogens is 2. The zero-order chi connectivity index (χ0) is 17.8. The van der Waals surface area contributed by atoms with Crippen LogP contribution >= 0.6 is 0 Å². The van der Waals surface area contributed by atoms with Crippen LogP contribution in [0.1, 0.15) is 16.1 Å². The zero-order valence-electron chi connectivity index (χ0n) is 14.0. The van der Waals surface area contributed by atoms with Gasteiger partial charge in [0, 0.05) is 12.6 Å². The Morgan fingerprint density at radius 3 is 2.52 bits per heavy atom. The number of rotatable bonds is 6. The summed E-state index contributed by atoms with van der Waals surface area (Å²) < 4.78 is 12.8. The van der Waals surface area contributed by atoms with Gasteiger partial charge in [-0.3, -0.25) is 4.68 Å². The van der Waals surface area contributed by atoms with Gasteiger partial charge in [-0.1, -0.05) is 30.3 Å². The molecule has 1 aromatic heterocycles. The number of benzene rings is 2. The Morgan fingerprint density at radius 2 is 1.88 bits per heavy atom. The maximum absolute atomic E-state index is 11.1. The highest BCUT2D eigenvalue weighted by Gasteiger charge is 2.14. The molecule has 3 aromatic rings. The second-order valence-corrected chi connectivity index (χ2v) is 5.48. The van der Waals surface area contributed by atoms with E-state index in [1.807, 2.05) is 48.5 Å². The molecule has 0 aliphatic carbocycles. The first kappa shape index (κ1) is 16.6. The van der Waals surface area contributed by atoms with Crippen molar-refractivity contribution in [2.75, 3.05) is 7.11 Å². The van der Waals surface area contributed by atoms with Gasteiger partial charge in [-0.2, -0.15) is 5.10 Å². The lowest BCUT2D eigenvalue weighted by Crippen LogP contribution is -2.00. The summed E-state index contributed by atoms with van der Waals surface area (Å²) in [6.07, 6.45) is 0. The minimum absolute atomic E-state index is 0.000806. The molecule has 0 bridgehead atoms. The van der Waals surface area contributed by atoms with Crippen LogP contribution in [0.5, 0.6) is 11.5 Å². The number of aryl methyl sites for hydroxylation is 1. The molecule has 0 fully saturated rings. The maximum Gasteiger partial charge on any atom is 0.356 e. The molecule has 128 valence electrons. The molecule has 1 heterocycles. The van der Waals surface area contributed by atoms with Crippen LogP contribution in [-0.2, 0) is 13.7 Å². The molecule has 0 spiro atoms. The molecule has 0 radical (unpaired) electrons. The van der Waals surface area contributed by atoms with Crippen LogP contribution < -0.4 is 9.47 Å². The molecule has 0 atom stereocenters. The van der Waals surface area contributed by atoms with E-state index in [9.17, 15) is 4.79 Å². The van der Waals surface area contributed by atoms with Crippen molar-refractivity contribution in [3.8, 4) is 22.8 Å². The third-order valence-corrected chi connectivity index (χ3v) is 3.80. The number of carboxylic acids is 1. The fourth-order valence-corrected chi connectivity index (χ4v) is 2.52. The Balaban J connectivity index is 1.85. The predicted octanol–water partition coefficient (Wildman–Crippen LogP) is 3.37. The Kier molecular flexibility index (Phi) is 4.70. The molecule has 25 heavy (non-hydrogen) atoms. The van der Waals surface area contributed by atoms with Gasteiger partial charge in [0.05, 0.1) is 12.8 Å². The highest BCUT2D eigenvalue weighted by atomic mass is 16.5. The van der Waals surface area contributed by atoms with E-state index in [-0.39, 0.29) is 5.69 Å². The lowest BCUT2D eigenvalue weighted by atomic mass is 10.1. The van der Waals surface area contributed by atoms with Crippen molar-refractivity contribution < 1.29 is 19.4 Å². The number of carboxylic acid groups (broad SMARTS) is 1. The molecule has 0 amide bonds. The van der Waals surface area contributed by atoms with Crippen molar-refractivity contribution >= 4 is 5.97 Å². The predicted molar refractivity (Wildman–Crippen MR) is 92.9 cm³/mol. The van der Waals surface area contributed by atoms with Crippen LogP contribution in [0.4, 0.5) is 0 Å². The zero-order valence-corrected chi connectivity index (χ0v) is 14.0. The quantitative estimate of drug-likeness (QED) is 0.746. The van der Waals surface area contributed by atoms with Gasteiger partial charge in [0.15, 0.2) is 17.2 Å². The van der Waals surface area contributed by atoms with Crippen molar-refractivity contribution in [1.82, 2.24) is 9.78 Å². The molecular formula is C19H18N2O4. The van der Waals surface area contributed by atoms with Gasteiger partial charge in [0.25, 0.3) is 0 Å². The van der Waals surface area contributed by atoms with Gasteiger partial charge < -0.3 is 14.6 Å². The summed E-state index contributed by atoms with van der Waals surface area (Å²) in [5.74, 6) is 0.138. The fraction of sp³-hybridized carbons (Fsp3) is 0.158. The number of methoxy groups -OCH3 is 1. The van der Waals surface area contributed by atoms with Crippen molar-refractivity contribution in [2.45, 2.75) is 6.61 Å². The normalized spacial score (nSPS) is 10.5. The molecule has 6 nitrogen and oxygen atoms in total. The van der Waals surface area contributed by atoms with Crippen LogP contribution in [0.2, 0.25) is 0 Å². The number of hydrogen-bond acceptors (Lipinski definition) is 4. The third-order valence-electron chi connectivity index (χ3n) is 3.80. The van der Waals surface area contributed by atoms with Gasteiger partial charge in [-0.05, 0) is 29.8 Å². The largest absolute Gasteiger partial charge is 0.493 e. The Morgan fingerprint density at radius 1 is 1.12 bits per heavy atom. The molecule has 0 saturated heterocycles. The Labute approximate surface area is 145 Å². The molecule has 0 aliphatic rings. The topological polar surface area (TPSA) is 73.6 Å². The lowest BCUT2D eigenvalue weighted by Gasteiger charge is -2.12. The van der Waals surface area contributed by atoms with E-state index in [1.54, 1.807) is 14.2 Å². The standard InChI is InChI=1S/C19H18N2O4/c1-21-16(11-15(20-21)19(22)23)14-8-9-17(18(10-14)24-2)25-12-13-6-4-3-5-7-13/h3-11H,12H2,1-2H3,(H,22,23). The van der Waals surface area contributed by atoms with Crippen molar-refractivity contribution in [3.63, 3.8) is 0 Å². The van der Waals surface area contributed by atoms with E-state index in [1.165, 1.54) is 10.7 Å². The summed E-state index contributed by atoms with van der Waals surface area (Å²) in [5, 5.41) is 13.1. The van der Waals surface area contributed by atoms with Crippen molar-refractivity contribution in [1.29, 1.82) is 0 Å². The van der Waals surface area contributed by atoms with Crippen molar-refractivity contribution in [3.05, 3.63) is 65.9 Å².